The zero-order chi connectivity index (χ0) is 18.9. The number of aromatic hydroxyl groups is 1. The summed E-state index contributed by atoms with van der Waals surface area (Å²) in [6.45, 7) is -0.0408. The average Bonchev–Trinajstić information content (AvgIpc) is 2.62. The minimum Gasteiger partial charge on any atom is -0.507 e. The van der Waals surface area contributed by atoms with E-state index in [4.69, 9.17) is 9.47 Å². The van der Waals surface area contributed by atoms with Crippen molar-refractivity contribution in [2.75, 3.05) is 13.7 Å². The van der Waals surface area contributed by atoms with E-state index >= 15 is 0 Å². The van der Waals surface area contributed by atoms with E-state index in [1.165, 1.54) is 25.5 Å². The van der Waals surface area contributed by atoms with Gasteiger partial charge < -0.3 is 19.3 Å². The van der Waals surface area contributed by atoms with E-state index in [0.717, 1.165) is 12.0 Å². The molecule has 0 saturated carbocycles. The molecule has 0 unspecified atom stereocenters. The van der Waals surface area contributed by atoms with Gasteiger partial charge in [0.1, 0.15) is 11.5 Å². The number of benzene rings is 2. The van der Waals surface area contributed by atoms with Crippen LogP contribution in [0.3, 0.4) is 0 Å². The van der Waals surface area contributed by atoms with E-state index in [1.54, 1.807) is 24.3 Å². The second-order valence-corrected chi connectivity index (χ2v) is 5.40. The first-order valence-corrected chi connectivity index (χ1v) is 8.10. The van der Waals surface area contributed by atoms with Crippen LogP contribution in [0.2, 0.25) is 0 Å². The summed E-state index contributed by atoms with van der Waals surface area (Å²) >= 11 is 0. The highest BCUT2D eigenvalue weighted by atomic mass is 19.3. The third-order valence-electron chi connectivity index (χ3n) is 3.42. The van der Waals surface area contributed by atoms with Crippen LogP contribution in [0.4, 0.5) is 8.78 Å². The lowest BCUT2D eigenvalue weighted by Gasteiger charge is -2.10. The van der Waals surface area contributed by atoms with Crippen molar-refractivity contribution in [2.45, 2.75) is 26.5 Å². The SMILES string of the molecule is CCCOc1ccc(C=NCc2ccc(OC(F)F)c(OC)c2)c(O)c1. The number of phenols is 1. The maximum absolute atomic E-state index is 12.3. The van der Waals surface area contributed by atoms with Crippen molar-refractivity contribution in [3.8, 4) is 23.0 Å². The smallest absolute Gasteiger partial charge is 0.387 e. The number of aliphatic imine (C=N–C) groups is 1. The Morgan fingerprint density at radius 2 is 1.96 bits per heavy atom. The van der Waals surface area contributed by atoms with Crippen molar-refractivity contribution in [1.29, 1.82) is 0 Å². The molecule has 26 heavy (non-hydrogen) atoms. The molecular weight excluding hydrogens is 344 g/mol. The summed E-state index contributed by atoms with van der Waals surface area (Å²) in [5.41, 5.74) is 1.31. The van der Waals surface area contributed by atoms with Gasteiger partial charge in [0.15, 0.2) is 11.5 Å². The van der Waals surface area contributed by atoms with Crippen LogP contribution in [0, 0.1) is 0 Å². The van der Waals surface area contributed by atoms with Gasteiger partial charge in [0.25, 0.3) is 0 Å². The molecule has 0 amide bonds. The van der Waals surface area contributed by atoms with Gasteiger partial charge in [-0.15, -0.1) is 0 Å². The number of methoxy groups -OCH3 is 1. The van der Waals surface area contributed by atoms with Gasteiger partial charge >= 0.3 is 6.61 Å². The first-order valence-electron chi connectivity index (χ1n) is 8.10. The van der Waals surface area contributed by atoms with Crippen LogP contribution < -0.4 is 14.2 Å². The molecule has 0 aliphatic carbocycles. The molecule has 0 aliphatic heterocycles. The zero-order valence-electron chi connectivity index (χ0n) is 14.6. The Morgan fingerprint density at radius 3 is 2.62 bits per heavy atom. The Labute approximate surface area is 150 Å². The lowest BCUT2D eigenvalue weighted by Crippen LogP contribution is -2.03. The molecule has 2 aromatic carbocycles. The van der Waals surface area contributed by atoms with Crippen molar-refractivity contribution in [1.82, 2.24) is 0 Å². The highest BCUT2D eigenvalue weighted by Gasteiger charge is 2.10. The molecule has 0 atom stereocenters. The number of nitrogens with zero attached hydrogens (tertiary/aromatic N) is 1. The molecule has 0 aromatic heterocycles. The minimum atomic E-state index is -2.92. The first-order chi connectivity index (χ1) is 12.5. The summed E-state index contributed by atoms with van der Waals surface area (Å²) in [4.78, 5) is 4.26. The molecule has 0 bridgehead atoms. The minimum absolute atomic E-state index is 0.0319. The molecule has 0 fully saturated rings. The molecule has 5 nitrogen and oxygen atoms in total. The van der Waals surface area contributed by atoms with Crippen LogP contribution in [0.5, 0.6) is 23.0 Å². The number of halogens is 2. The molecule has 0 aliphatic rings. The second-order valence-electron chi connectivity index (χ2n) is 5.40. The van der Waals surface area contributed by atoms with Gasteiger partial charge in [-0.2, -0.15) is 8.78 Å². The largest absolute Gasteiger partial charge is 0.507 e. The number of rotatable bonds is 9. The maximum atomic E-state index is 12.3. The summed E-state index contributed by atoms with van der Waals surface area (Å²) < 4.78 is 39.5. The van der Waals surface area contributed by atoms with E-state index in [2.05, 4.69) is 9.73 Å². The monoisotopic (exact) mass is 365 g/mol. The molecule has 0 radical (unpaired) electrons. The third-order valence-corrected chi connectivity index (χ3v) is 3.42. The molecule has 0 spiro atoms. The van der Waals surface area contributed by atoms with Crippen LogP contribution >= 0.6 is 0 Å². The Hall–Kier alpha value is -2.83. The second kappa shape index (κ2) is 9.60. The Balaban J connectivity index is 2.03. The molecule has 2 aromatic rings. The normalized spacial score (nSPS) is 11.1. The highest BCUT2D eigenvalue weighted by molar-refractivity contribution is 5.83. The standard InChI is InChI=1S/C19H21F2NO4/c1-3-8-25-15-6-5-14(16(23)10-15)12-22-11-13-4-7-17(26-19(20)21)18(9-13)24-2/h4-7,9-10,12,19,23H,3,8,11H2,1-2H3. The van der Waals surface area contributed by atoms with Gasteiger partial charge in [-0.05, 0) is 36.2 Å². The van der Waals surface area contributed by atoms with Gasteiger partial charge in [0.2, 0.25) is 0 Å². The summed E-state index contributed by atoms with van der Waals surface area (Å²) in [6.07, 6.45) is 2.42. The number of alkyl halides is 2. The molecule has 140 valence electrons. The summed E-state index contributed by atoms with van der Waals surface area (Å²) in [7, 11) is 1.38. The zero-order valence-corrected chi connectivity index (χ0v) is 14.6. The first kappa shape index (κ1) is 19.5. The van der Waals surface area contributed by atoms with Crippen LogP contribution in [0.25, 0.3) is 0 Å². The molecule has 7 heteroatoms. The maximum Gasteiger partial charge on any atom is 0.387 e. The van der Waals surface area contributed by atoms with Crippen LogP contribution in [0.15, 0.2) is 41.4 Å². The fourth-order valence-electron chi connectivity index (χ4n) is 2.20. The van der Waals surface area contributed by atoms with Crippen LogP contribution in [0.1, 0.15) is 24.5 Å². The number of hydrogen-bond acceptors (Lipinski definition) is 5. The third kappa shape index (κ3) is 5.61. The van der Waals surface area contributed by atoms with Gasteiger partial charge in [-0.3, -0.25) is 4.99 Å². The van der Waals surface area contributed by atoms with Crippen molar-refractivity contribution in [3.05, 3.63) is 47.5 Å². The van der Waals surface area contributed by atoms with E-state index in [-0.39, 0.29) is 17.2 Å². The van der Waals surface area contributed by atoms with Crippen molar-refractivity contribution < 1.29 is 28.1 Å². The van der Waals surface area contributed by atoms with Crippen molar-refractivity contribution in [3.63, 3.8) is 0 Å². The quantitative estimate of drug-likeness (QED) is 0.669. The highest BCUT2D eigenvalue weighted by Crippen LogP contribution is 2.29. The molecule has 0 saturated heterocycles. The molecule has 0 heterocycles. The van der Waals surface area contributed by atoms with Crippen molar-refractivity contribution >= 4 is 6.21 Å². The lowest BCUT2D eigenvalue weighted by atomic mass is 10.2. The number of hydrogen-bond donors (Lipinski definition) is 1. The molecular formula is C19H21F2NO4. The number of phenolic OH excluding ortho intramolecular Hbond substituents is 1. The van der Waals surface area contributed by atoms with E-state index in [9.17, 15) is 13.9 Å². The predicted octanol–water partition coefficient (Wildman–Crippen LogP) is 4.41. The summed E-state index contributed by atoms with van der Waals surface area (Å²) in [5, 5.41) is 10.0. The fourth-order valence-corrected chi connectivity index (χ4v) is 2.20. The van der Waals surface area contributed by atoms with E-state index in [0.29, 0.717) is 24.5 Å². The predicted molar refractivity (Wildman–Crippen MR) is 94.8 cm³/mol. The summed E-state index contributed by atoms with van der Waals surface area (Å²) in [6, 6.07) is 9.62. The van der Waals surface area contributed by atoms with Gasteiger partial charge in [-0.25, -0.2) is 0 Å². The Morgan fingerprint density at radius 1 is 1.15 bits per heavy atom. The van der Waals surface area contributed by atoms with E-state index < -0.39 is 6.61 Å². The Kier molecular flexibility index (Phi) is 7.20. The van der Waals surface area contributed by atoms with Gasteiger partial charge in [0, 0.05) is 17.8 Å². The Bertz CT molecular complexity index is 750. The molecule has 1 N–H and O–H groups in total. The van der Waals surface area contributed by atoms with Crippen LogP contribution in [-0.4, -0.2) is 31.6 Å². The average molecular weight is 365 g/mol. The van der Waals surface area contributed by atoms with Gasteiger partial charge in [-0.1, -0.05) is 13.0 Å². The van der Waals surface area contributed by atoms with E-state index in [1.807, 2.05) is 6.92 Å². The fraction of sp³-hybridized carbons (Fsp3) is 0.316. The van der Waals surface area contributed by atoms with Crippen LogP contribution in [-0.2, 0) is 6.54 Å². The van der Waals surface area contributed by atoms with Gasteiger partial charge in [0.05, 0.1) is 20.3 Å². The molecule has 2 rings (SSSR count). The topological polar surface area (TPSA) is 60.3 Å². The lowest BCUT2D eigenvalue weighted by molar-refractivity contribution is -0.0512. The summed E-state index contributed by atoms with van der Waals surface area (Å²) in [5.74, 6) is 0.843. The van der Waals surface area contributed by atoms with Crippen molar-refractivity contribution in [2.24, 2.45) is 4.99 Å². The number of ether oxygens (including phenoxy) is 3.